The molecule has 5 nitrogen and oxygen atoms in total. The first-order valence-corrected chi connectivity index (χ1v) is 8.43. The first-order chi connectivity index (χ1) is 12.7. The van der Waals surface area contributed by atoms with Crippen LogP contribution in [-0.4, -0.2) is 29.5 Å². The number of carboxylic acids is 1. The SMILES string of the molecule is COc1ccc(Br)cc1-c1[nH]c2ccc(OC(F)(F)F)cc2c1CC(=O)O. The van der Waals surface area contributed by atoms with Gasteiger partial charge in [-0.1, -0.05) is 15.9 Å². The standard InChI is InChI=1S/C18H13BrF3NO4/c1-26-15-5-2-9(19)6-13(15)17-12(8-16(24)25)11-7-10(27-18(20,21)22)3-4-14(11)23-17/h2-7,23H,8H2,1H3,(H,24,25). The second kappa shape index (κ2) is 7.15. The number of rotatable bonds is 5. The maximum Gasteiger partial charge on any atom is 0.573 e. The van der Waals surface area contributed by atoms with E-state index in [9.17, 15) is 23.1 Å². The molecule has 142 valence electrons. The summed E-state index contributed by atoms with van der Waals surface area (Å²) < 4.78 is 47.6. The number of aromatic nitrogens is 1. The van der Waals surface area contributed by atoms with Crippen LogP contribution in [-0.2, 0) is 11.2 Å². The number of alkyl halides is 3. The Morgan fingerprint density at radius 2 is 1.96 bits per heavy atom. The lowest BCUT2D eigenvalue weighted by molar-refractivity contribution is -0.274. The second-order valence-electron chi connectivity index (χ2n) is 5.65. The molecule has 0 spiro atoms. The van der Waals surface area contributed by atoms with Gasteiger partial charge in [0.2, 0.25) is 0 Å². The van der Waals surface area contributed by atoms with Crippen LogP contribution in [0.15, 0.2) is 40.9 Å². The number of hydrogen-bond donors (Lipinski definition) is 2. The Hall–Kier alpha value is -2.68. The van der Waals surface area contributed by atoms with Gasteiger partial charge in [-0.25, -0.2) is 0 Å². The highest BCUT2D eigenvalue weighted by molar-refractivity contribution is 9.10. The third kappa shape index (κ3) is 4.19. The Bertz CT molecular complexity index is 1010. The Morgan fingerprint density at radius 3 is 2.59 bits per heavy atom. The Kier molecular flexibility index (Phi) is 5.05. The van der Waals surface area contributed by atoms with Gasteiger partial charge in [-0.2, -0.15) is 0 Å². The zero-order chi connectivity index (χ0) is 19.8. The van der Waals surface area contributed by atoms with E-state index < -0.39 is 18.1 Å². The van der Waals surface area contributed by atoms with Crippen LogP contribution < -0.4 is 9.47 Å². The smallest absolute Gasteiger partial charge is 0.496 e. The third-order valence-corrected chi connectivity index (χ3v) is 4.36. The minimum absolute atomic E-state index is 0.330. The van der Waals surface area contributed by atoms with Crippen molar-refractivity contribution in [3.8, 4) is 22.8 Å². The van der Waals surface area contributed by atoms with Crippen LogP contribution in [0.3, 0.4) is 0 Å². The van der Waals surface area contributed by atoms with Gasteiger partial charge in [-0.05, 0) is 42.0 Å². The van der Waals surface area contributed by atoms with Crippen molar-refractivity contribution in [2.24, 2.45) is 0 Å². The van der Waals surface area contributed by atoms with E-state index in [1.54, 1.807) is 18.2 Å². The second-order valence-corrected chi connectivity index (χ2v) is 6.56. The fourth-order valence-corrected chi connectivity index (χ4v) is 3.23. The molecule has 2 aromatic carbocycles. The zero-order valence-corrected chi connectivity index (χ0v) is 15.4. The predicted molar refractivity (Wildman–Crippen MR) is 96.0 cm³/mol. The van der Waals surface area contributed by atoms with Crippen molar-refractivity contribution in [2.45, 2.75) is 12.8 Å². The normalized spacial score (nSPS) is 11.6. The van der Waals surface area contributed by atoms with Crippen LogP contribution in [0.25, 0.3) is 22.2 Å². The maximum atomic E-state index is 12.5. The van der Waals surface area contributed by atoms with Crippen LogP contribution >= 0.6 is 15.9 Å². The molecule has 9 heteroatoms. The van der Waals surface area contributed by atoms with E-state index in [0.29, 0.717) is 33.5 Å². The van der Waals surface area contributed by atoms with E-state index >= 15 is 0 Å². The van der Waals surface area contributed by atoms with Gasteiger partial charge < -0.3 is 19.6 Å². The Labute approximate surface area is 159 Å². The molecule has 0 aliphatic rings. The average molecular weight is 444 g/mol. The molecule has 1 aromatic heterocycles. The minimum Gasteiger partial charge on any atom is -0.496 e. The van der Waals surface area contributed by atoms with Crippen molar-refractivity contribution in [3.63, 3.8) is 0 Å². The van der Waals surface area contributed by atoms with E-state index in [-0.39, 0.29) is 6.42 Å². The Balaban J connectivity index is 2.24. The van der Waals surface area contributed by atoms with Gasteiger partial charge in [0, 0.05) is 20.9 Å². The average Bonchev–Trinajstić information content (AvgIpc) is 2.90. The van der Waals surface area contributed by atoms with E-state index in [4.69, 9.17) is 4.74 Å². The first-order valence-electron chi connectivity index (χ1n) is 7.64. The number of aromatic amines is 1. The monoisotopic (exact) mass is 443 g/mol. The van der Waals surface area contributed by atoms with Crippen molar-refractivity contribution in [2.75, 3.05) is 7.11 Å². The number of hydrogen-bond acceptors (Lipinski definition) is 3. The number of carbonyl (C=O) groups is 1. The number of fused-ring (bicyclic) bond motifs is 1. The number of carboxylic acid groups (broad SMARTS) is 1. The summed E-state index contributed by atoms with van der Waals surface area (Å²) >= 11 is 3.36. The number of benzene rings is 2. The molecule has 0 amide bonds. The lowest BCUT2D eigenvalue weighted by Gasteiger charge is -2.10. The van der Waals surface area contributed by atoms with Crippen molar-refractivity contribution >= 4 is 32.8 Å². The molecule has 3 rings (SSSR count). The van der Waals surface area contributed by atoms with Crippen LogP contribution in [0.2, 0.25) is 0 Å². The number of halogens is 4. The lowest BCUT2D eigenvalue weighted by Crippen LogP contribution is -2.17. The summed E-state index contributed by atoms with van der Waals surface area (Å²) in [7, 11) is 1.47. The summed E-state index contributed by atoms with van der Waals surface area (Å²) in [6.07, 6.45) is -5.23. The molecule has 0 saturated carbocycles. The largest absolute Gasteiger partial charge is 0.573 e. The van der Waals surface area contributed by atoms with E-state index in [1.165, 1.54) is 25.3 Å². The van der Waals surface area contributed by atoms with E-state index in [1.807, 2.05) is 0 Å². The summed E-state index contributed by atoms with van der Waals surface area (Å²) in [6.45, 7) is 0. The highest BCUT2D eigenvalue weighted by Crippen LogP contribution is 2.39. The van der Waals surface area contributed by atoms with Crippen LogP contribution in [0.5, 0.6) is 11.5 Å². The fourth-order valence-electron chi connectivity index (χ4n) is 2.86. The van der Waals surface area contributed by atoms with Gasteiger partial charge in [-0.15, -0.1) is 13.2 Å². The van der Waals surface area contributed by atoms with Crippen molar-refractivity contribution < 1.29 is 32.5 Å². The molecule has 2 N–H and O–H groups in total. The summed E-state index contributed by atoms with van der Waals surface area (Å²) in [5, 5.41) is 9.62. The molecule has 1 heterocycles. The van der Waals surface area contributed by atoms with Crippen molar-refractivity contribution in [3.05, 3.63) is 46.4 Å². The number of aliphatic carboxylic acids is 1. The van der Waals surface area contributed by atoms with Gasteiger partial charge in [0.15, 0.2) is 0 Å². The molecule has 3 aromatic rings. The van der Waals surface area contributed by atoms with E-state index in [0.717, 1.165) is 4.47 Å². The number of methoxy groups -OCH3 is 1. The summed E-state index contributed by atoms with van der Waals surface area (Å²) in [6, 6.07) is 8.95. The predicted octanol–water partition coefficient (Wildman–Crippen LogP) is 5.13. The molecule has 0 bridgehead atoms. The van der Waals surface area contributed by atoms with Crippen LogP contribution in [0.4, 0.5) is 13.2 Å². The first kappa shape index (κ1) is 19.1. The molecule has 0 saturated heterocycles. The van der Waals surface area contributed by atoms with Gasteiger partial charge in [0.05, 0.1) is 19.2 Å². The van der Waals surface area contributed by atoms with Crippen LogP contribution in [0.1, 0.15) is 5.56 Å². The highest BCUT2D eigenvalue weighted by atomic mass is 79.9. The summed E-state index contributed by atoms with van der Waals surface area (Å²) in [5.74, 6) is -1.05. The van der Waals surface area contributed by atoms with Crippen molar-refractivity contribution in [1.82, 2.24) is 4.98 Å². The zero-order valence-electron chi connectivity index (χ0n) is 13.9. The summed E-state index contributed by atoms with van der Waals surface area (Å²) in [4.78, 5) is 14.4. The van der Waals surface area contributed by atoms with Gasteiger partial charge in [0.25, 0.3) is 0 Å². The quantitative estimate of drug-likeness (QED) is 0.573. The van der Waals surface area contributed by atoms with Crippen LogP contribution in [0, 0.1) is 0 Å². The number of nitrogens with one attached hydrogen (secondary N) is 1. The third-order valence-electron chi connectivity index (χ3n) is 3.87. The fraction of sp³-hybridized carbons (Fsp3) is 0.167. The van der Waals surface area contributed by atoms with Gasteiger partial charge in [-0.3, -0.25) is 4.79 Å². The molecule has 0 radical (unpaired) electrons. The molecule has 0 aliphatic heterocycles. The topological polar surface area (TPSA) is 71.5 Å². The lowest BCUT2D eigenvalue weighted by atomic mass is 10.0. The molecule has 27 heavy (non-hydrogen) atoms. The highest BCUT2D eigenvalue weighted by Gasteiger charge is 2.31. The number of H-pyrrole nitrogens is 1. The van der Waals surface area contributed by atoms with Crippen molar-refractivity contribution in [1.29, 1.82) is 0 Å². The molecule has 0 atom stereocenters. The summed E-state index contributed by atoms with van der Waals surface area (Å²) in [5.41, 5.74) is 1.85. The molecule has 0 aliphatic carbocycles. The van der Waals surface area contributed by atoms with Gasteiger partial charge >= 0.3 is 12.3 Å². The Morgan fingerprint density at radius 1 is 1.22 bits per heavy atom. The number of ether oxygens (including phenoxy) is 2. The minimum atomic E-state index is -4.84. The molecular formula is C18H13BrF3NO4. The maximum absolute atomic E-state index is 12.5. The molecular weight excluding hydrogens is 431 g/mol. The van der Waals surface area contributed by atoms with E-state index in [2.05, 4.69) is 25.7 Å². The molecule has 0 fully saturated rings. The molecule has 0 unspecified atom stereocenters. The van der Waals surface area contributed by atoms with Gasteiger partial charge in [0.1, 0.15) is 11.5 Å².